The zero-order valence-corrected chi connectivity index (χ0v) is 16.3. The third kappa shape index (κ3) is 2.22. The van der Waals surface area contributed by atoms with Crippen molar-refractivity contribution in [3.63, 3.8) is 0 Å². The second kappa shape index (κ2) is 5.51. The van der Waals surface area contributed by atoms with Gasteiger partial charge in [0.25, 0.3) is 0 Å². The molecule has 1 aliphatic heterocycles. The van der Waals surface area contributed by atoms with Crippen LogP contribution >= 0.6 is 0 Å². The van der Waals surface area contributed by atoms with E-state index in [1.165, 1.54) is 12.0 Å². The Kier molecular flexibility index (Phi) is 3.95. The van der Waals surface area contributed by atoms with Crippen molar-refractivity contribution < 1.29 is 34.5 Å². The summed E-state index contributed by atoms with van der Waals surface area (Å²) in [6.45, 7) is 7.27. The number of allylic oxidation sites excluding steroid dienone is 1. The zero-order chi connectivity index (χ0) is 16.5. The molecular formula is C19H27MoO3. The van der Waals surface area contributed by atoms with Gasteiger partial charge in [-0.1, -0.05) is 0 Å². The van der Waals surface area contributed by atoms with Crippen LogP contribution in [0.1, 0.15) is 46.5 Å². The van der Waals surface area contributed by atoms with Crippen LogP contribution in [0.4, 0.5) is 0 Å². The standard InChI is InChI=1S/C19H27O3.Mo/c1-10-4-5-12-7-13(10)17(20)18(21)19(3)11(2)6-16-14(9-22-16)15(19)8-12;/h4,11-12,14-17,20H,5-9H2,1-3H3;/t11?,12-,14-,15+,16+,17?,19-;/m1./s1. The van der Waals surface area contributed by atoms with Crippen LogP contribution in [0.25, 0.3) is 0 Å². The summed E-state index contributed by atoms with van der Waals surface area (Å²) in [6, 6.07) is 0. The third-order valence-corrected chi connectivity index (χ3v) is 8.96. The predicted octanol–water partition coefficient (Wildman–Crippen LogP) is 3.06. The molecule has 1 N–H and O–H groups in total. The van der Waals surface area contributed by atoms with Gasteiger partial charge in [0, 0.05) is 0 Å². The number of hydrogen-bond donors (Lipinski definition) is 1. The van der Waals surface area contributed by atoms with Crippen LogP contribution in [0.15, 0.2) is 11.1 Å². The quantitative estimate of drug-likeness (QED) is 0.503. The molecular weight excluding hydrogens is 372 g/mol. The Morgan fingerprint density at radius 1 is 1.30 bits per heavy atom. The van der Waals surface area contributed by atoms with Gasteiger partial charge in [0.1, 0.15) is 0 Å². The van der Waals surface area contributed by atoms with Crippen molar-refractivity contribution in [3.05, 3.63) is 11.1 Å². The first-order chi connectivity index (χ1) is 10.8. The second-order valence-corrected chi connectivity index (χ2v) is 9.97. The molecule has 3 nitrogen and oxygen atoms in total. The Morgan fingerprint density at radius 2 is 2.04 bits per heavy atom. The Hall–Kier alpha value is 0.0183. The molecule has 8 atom stereocenters. The van der Waals surface area contributed by atoms with Crippen molar-refractivity contribution >= 4 is 5.78 Å². The van der Waals surface area contributed by atoms with Crippen LogP contribution < -0.4 is 0 Å². The summed E-state index contributed by atoms with van der Waals surface area (Å²) in [7, 11) is 0. The van der Waals surface area contributed by atoms with Crippen molar-refractivity contribution in [2.45, 2.75) is 63.0 Å². The van der Waals surface area contributed by atoms with Crippen LogP contribution in [0.3, 0.4) is 0 Å². The zero-order valence-electron chi connectivity index (χ0n) is 14.2. The number of carbonyl (C=O) groups excluding carboxylic acids is 1. The first kappa shape index (κ1) is 16.5. The van der Waals surface area contributed by atoms with E-state index in [1.807, 2.05) is 0 Å². The number of fused-ring (bicyclic) bond motifs is 5. The number of aliphatic hydroxyl groups is 1. The van der Waals surface area contributed by atoms with Crippen LogP contribution in [0, 0.1) is 29.1 Å². The molecule has 0 amide bonds. The third-order valence-electron chi connectivity index (χ3n) is 7.62. The fourth-order valence-corrected chi connectivity index (χ4v) is 6.81. The Labute approximate surface area is 150 Å². The fourth-order valence-electron chi connectivity index (χ4n) is 5.77. The van der Waals surface area contributed by atoms with E-state index in [4.69, 9.17) is 4.74 Å². The number of ether oxygens (including phenoxy) is 1. The number of rotatable bonds is 0. The number of hydrogen-bond acceptors (Lipinski definition) is 3. The summed E-state index contributed by atoms with van der Waals surface area (Å²) in [5, 5.41) is 10.9. The molecule has 1 heterocycles. The molecule has 3 aliphatic carbocycles. The summed E-state index contributed by atoms with van der Waals surface area (Å²) in [6.07, 6.45) is 3.70. The van der Waals surface area contributed by atoms with Crippen LogP contribution in [-0.4, -0.2) is 29.7 Å². The van der Waals surface area contributed by atoms with E-state index in [2.05, 4.69) is 40.6 Å². The van der Waals surface area contributed by atoms with Gasteiger partial charge in [-0.3, -0.25) is 0 Å². The van der Waals surface area contributed by atoms with Crippen molar-refractivity contribution in [2.75, 3.05) is 6.61 Å². The summed E-state index contributed by atoms with van der Waals surface area (Å²) >= 11 is 2.17. The predicted molar refractivity (Wildman–Crippen MR) is 83.4 cm³/mol. The van der Waals surface area contributed by atoms with E-state index < -0.39 is 11.5 Å². The van der Waals surface area contributed by atoms with Crippen molar-refractivity contribution in [1.82, 2.24) is 0 Å². The van der Waals surface area contributed by atoms with Gasteiger partial charge in [0.2, 0.25) is 0 Å². The molecule has 4 aliphatic rings. The minimum atomic E-state index is -0.880. The van der Waals surface area contributed by atoms with Gasteiger partial charge in [-0.15, -0.1) is 0 Å². The van der Waals surface area contributed by atoms with E-state index in [9.17, 15) is 9.90 Å². The fraction of sp³-hybridized carbons (Fsp3) is 0.842. The van der Waals surface area contributed by atoms with Crippen molar-refractivity contribution in [2.24, 2.45) is 29.1 Å². The molecule has 4 rings (SSSR count). The van der Waals surface area contributed by atoms with Crippen LogP contribution in [0.2, 0.25) is 4.31 Å². The average Bonchev–Trinajstić information content (AvgIpc) is 2.49. The van der Waals surface area contributed by atoms with Gasteiger partial charge >= 0.3 is 150 Å². The first-order valence-corrected chi connectivity index (χ1v) is 10.2. The Balaban J connectivity index is 1.79. The number of ketones is 1. The molecule has 23 heavy (non-hydrogen) atoms. The Morgan fingerprint density at radius 3 is 2.70 bits per heavy atom. The number of aliphatic hydroxyl groups excluding tert-OH is 1. The number of carbonyl (C=O) groups is 1. The van der Waals surface area contributed by atoms with Gasteiger partial charge in [-0.05, 0) is 0 Å². The molecule has 0 aromatic rings. The number of Topliss-reactive ketones (excluding diaryl/α,β-unsaturated/α-hetero) is 1. The molecule has 1 saturated heterocycles. The SMILES string of the molecule is CC1=C2C[C@@H](C[C@@H]1[Mo])C[C@H]1[C@H]3CO[C@H]3CC(C)[C@@]1(C)C(=O)C2O. The summed E-state index contributed by atoms with van der Waals surface area (Å²) < 4.78 is 6.29. The molecule has 0 spiro atoms. The van der Waals surface area contributed by atoms with Crippen LogP contribution in [0.5, 0.6) is 0 Å². The first-order valence-electron chi connectivity index (χ1n) is 9.03. The van der Waals surface area contributed by atoms with Gasteiger partial charge in [0.05, 0.1) is 0 Å². The molecule has 127 valence electrons. The van der Waals surface area contributed by atoms with E-state index in [-0.39, 0.29) is 11.7 Å². The maximum atomic E-state index is 13.4. The molecule has 3 fully saturated rings. The summed E-state index contributed by atoms with van der Waals surface area (Å²) in [5.41, 5.74) is 1.92. The van der Waals surface area contributed by atoms with Crippen molar-refractivity contribution in [1.29, 1.82) is 0 Å². The van der Waals surface area contributed by atoms with E-state index >= 15 is 0 Å². The molecule has 0 aromatic heterocycles. The second-order valence-electron chi connectivity index (χ2n) is 8.57. The molecule has 4 heteroatoms. The van der Waals surface area contributed by atoms with Gasteiger partial charge in [-0.2, -0.15) is 0 Å². The van der Waals surface area contributed by atoms with E-state index in [1.54, 1.807) is 0 Å². The van der Waals surface area contributed by atoms with Crippen LogP contribution in [-0.2, 0) is 29.3 Å². The van der Waals surface area contributed by atoms with E-state index in [0.29, 0.717) is 28.2 Å². The maximum absolute atomic E-state index is 13.4. The van der Waals surface area contributed by atoms with Crippen molar-refractivity contribution in [3.8, 4) is 0 Å². The topological polar surface area (TPSA) is 46.5 Å². The van der Waals surface area contributed by atoms with Gasteiger partial charge < -0.3 is 0 Å². The normalized spacial score (nSPS) is 52.9. The molecule has 0 radical (unpaired) electrons. The monoisotopic (exact) mass is 401 g/mol. The minimum absolute atomic E-state index is 0.0865. The summed E-state index contributed by atoms with van der Waals surface area (Å²) in [5.74, 6) is 1.89. The molecule has 2 bridgehead atoms. The Bertz CT molecular complexity index is 571. The average molecular weight is 399 g/mol. The van der Waals surface area contributed by atoms with E-state index in [0.717, 1.165) is 31.4 Å². The molecule has 0 aromatic carbocycles. The summed E-state index contributed by atoms with van der Waals surface area (Å²) in [4.78, 5) is 13.4. The molecule has 2 saturated carbocycles. The van der Waals surface area contributed by atoms with Gasteiger partial charge in [-0.25, -0.2) is 0 Å². The molecule has 2 unspecified atom stereocenters. The van der Waals surface area contributed by atoms with Gasteiger partial charge in [0.15, 0.2) is 0 Å².